The zero-order chi connectivity index (χ0) is 13.0. The van der Waals surface area contributed by atoms with E-state index in [0.29, 0.717) is 23.4 Å². The van der Waals surface area contributed by atoms with Gasteiger partial charge in [-0.25, -0.2) is 4.98 Å². The molecule has 0 saturated heterocycles. The lowest BCUT2D eigenvalue weighted by atomic mass is 10.2. The molecule has 94 valence electrons. The van der Waals surface area contributed by atoms with E-state index < -0.39 is 0 Å². The van der Waals surface area contributed by atoms with Gasteiger partial charge in [0.25, 0.3) is 0 Å². The van der Waals surface area contributed by atoms with Gasteiger partial charge in [0, 0.05) is 22.1 Å². The fourth-order valence-electron chi connectivity index (χ4n) is 1.41. The fourth-order valence-corrected chi connectivity index (χ4v) is 2.19. The first-order chi connectivity index (χ1) is 8.70. The van der Waals surface area contributed by atoms with E-state index in [0.717, 1.165) is 15.6 Å². The number of halogens is 3. The van der Waals surface area contributed by atoms with Crippen molar-refractivity contribution in [3.05, 3.63) is 57.2 Å². The summed E-state index contributed by atoms with van der Waals surface area (Å²) in [5.41, 5.74) is 1.91. The average Bonchev–Trinajstić information content (AvgIpc) is 2.39. The molecule has 1 aromatic carbocycles. The Balaban J connectivity index is 2.09. The molecule has 2 rings (SSSR count). The lowest BCUT2D eigenvalue weighted by Crippen LogP contribution is -1.99. The smallest absolute Gasteiger partial charge is 0.232 e. The van der Waals surface area contributed by atoms with Crippen molar-refractivity contribution in [3.8, 4) is 5.88 Å². The zero-order valence-corrected chi connectivity index (χ0v) is 12.5. The third-order valence-corrected chi connectivity index (χ3v) is 3.69. The van der Waals surface area contributed by atoms with Gasteiger partial charge in [0.05, 0.1) is 0 Å². The fraction of sp³-hybridized carbons (Fsp3) is 0.154. The van der Waals surface area contributed by atoms with E-state index in [1.54, 1.807) is 12.3 Å². The summed E-state index contributed by atoms with van der Waals surface area (Å²) in [5, 5.41) is 0.472. The second kappa shape index (κ2) is 6.41. The SMILES string of the molecule is ClCc1cnc(OCc2ccccc2Br)c(Cl)c1. The van der Waals surface area contributed by atoms with Crippen molar-refractivity contribution in [3.63, 3.8) is 0 Å². The van der Waals surface area contributed by atoms with E-state index >= 15 is 0 Å². The van der Waals surface area contributed by atoms with Gasteiger partial charge in [-0.3, -0.25) is 0 Å². The summed E-state index contributed by atoms with van der Waals surface area (Å²) in [7, 11) is 0. The third-order valence-electron chi connectivity index (χ3n) is 2.34. The largest absolute Gasteiger partial charge is 0.472 e. The molecule has 0 saturated carbocycles. The Morgan fingerprint density at radius 1 is 1.28 bits per heavy atom. The molecule has 5 heteroatoms. The highest BCUT2D eigenvalue weighted by Crippen LogP contribution is 2.25. The molecular weight excluding hydrogens is 337 g/mol. The number of aromatic nitrogens is 1. The Bertz CT molecular complexity index is 548. The van der Waals surface area contributed by atoms with E-state index in [1.807, 2.05) is 24.3 Å². The van der Waals surface area contributed by atoms with Gasteiger partial charge < -0.3 is 4.74 Å². The minimum Gasteiger partial charge on any atom is -0.472 e. The quantitative estimate of drug-likeness (QED) is 0.741. The Labute approximate surface area is 124 Å². The summed E-state index contributed by atoms with van der Waals surface area (Å²) in [6, 6.07) is 9.61. The summed E-state index contributed by atoms with van der Waals surface area (Å²) in [4.78, 5) is 4.14. The molecule has 0 spiro atoms. The Kier molecular flexibility index (Phi) is 4.87. The van der Waals surface area contributed by atoms with Crippen LogP contribution in [0, 0.1) is 0 Å². The monoisotopic (exact) mass is 345 g/mol. The van der Waals surface area contributed by atoms with Crippen LogP contribution in [0.25, 0.3) is 0 Å². The molecular formula is C13H10BrCl2NO. The topological polar surface area (TPSA) is 22.1 Å². The molecule has 1 heterocycles. The van der Waals surface area contributed by atoms with Crippen LogP contribution >= 0.6 is 39.1 Å². The number of ether oxygens (including phenoxy) is 1. The number of alkyl halides is 1. The van der Waals surface area contributed by atoms with Gasteiger partial charge in [0.15, 0.2) is 0 Å². The average molecular weight is 347 g/mol. The maximum atomic E-state index is 6.06. The predicted octanol–water partition coefficient (Wildman–Crippen LogP) is 4.82. The van der Waals surface area contributed by atoms with Crippen molar-refractivity contribution in [1.29, 1.82) is 0 Å². The molecule has 2 aromatic rings. The lowest BCUT2D eigenvalue weighted by Gasteiger charge is -2.08. The van der Waals surface area contributed by atoms with Gasteiger partial charge in [-0.2, -0.15) is 0 Å². The number of rotatable bonds is 4. The molecule has 0 amide bonds. The molecule has 0 unspecified atom stereocenters. The minimum atomic E-state index is 0.386. The second-order valence-electron chi connectivity index (χ2n) is 3.64. The van der Waals surface area contributed by atoms with Crippen LogP contribution in [0.2, 0.25) is 5.02 Å². The zero-order valence-electron chi connectivity index (χ0n) is 9.37. The van der Waals surface area contributed by atoms with E-state index in [2.05, 4.69) is 20.9 Å². The maximum Gasteiger partial charge on any atom is 0.232 e. The first kappa shape index (κ1) is 13.7. The van der Waals surface area contributed by atoms with Crippen LogP contribution < -0.4 is 4.74 Å². The molecule has 0 atom stereocenters. The normalized spacial score (nSPS) is 10.4. The lowest BCUT2D eigenvalue weighted by molar-refractivity contribution is 0.293. The first-order valence-electron chi connectivity index (χ1n) is 5.27. The van der Waals surface area contributed by atoms with Gasteiger partial charge in [-0.15, -0.1) is 11.6 Å². The number of hydrogen-bond acceptors (Lipinski definition) is 2. The van der Waals surface area contributed by atoms with Gasteiger partial charge in [-0.1, -0.05) is 45.7 Å². The Hall–Kier alpha value is -0.770. The Morgan fingerprint density at radius 2 is 2.06 bits per heavy atom. The molecule has 0 aliphatic carbocycles. The molecule has 0 radical (unpaired) electrons. The molecule has 0 aliphatic heterocycles. The van der Waals surface area contributed by atoms with Gasteiger partial charge in [0.1, 0.15) is 11.6 Å². The van der Waals surface area contributed by atoms with Gasteiger partial charge in [0.2, 0.25) is 5.88 Å². The van der Waals surface area contributed by atoms with Crippen LogP contribution in [0.15, 0.2) is 41.0 Å². The van der Waals surface area contributed by atoms with E-state index in [4.69, 9.17) is 27.9 Å². The number of nitrogens with zero attached hydrogens (tertiary/aromatic N) is 1. The third kappa shape index (κ3) is 3.37. The van der Waals surface area contributed by atoms with Crippen molar-refractivity contribution in [2.24, 2.45) is 0 Å². The van der Waals surface area contributed by atoms with E-state index in [9.17, 15) is 0 Å². The van der Waals surface area contributed by atoms with Crippen molar-refractivity contribution in [1.82, 2.24) is 4.98 Å². The van der Waals surface area contributed by atoms with Crippen molar-refractivity contribution in [2.45, 2.75) is 12.5 Å². The summed E-state index contributed by atoms with van der Waals surface area (Å²) in [5.74, 6) is 0.804. The van der Waals surface area contributed by atoms with Crippen LogP contribution in [0.4, 0.5) is 0 Å². The first-order valence-corrected chi connectivity index (χ1v) is 6.98. The highest BCUT2D eigenvalue weighted by atomic mass is 79.9. The highest BCUT2D eigenvalue weighted by Gasteiger charge is 2.06. The number of hydrogen-bond donors (Lipinski definition) is 0. The molecule has 0 bridgehead atoms. The van der Waals surface area contributed by atoms with Crippen LogP contribution in [0.5, 0.6) is 5.88 Å². The van der Waals surface area contributed by atoms with Gasteiger partial charge in [-0.05, 0) is 17.7 Å². The second-order valence-corrected chi connectivity index (χ2v) is 5.17. The Morgan fingerprint density at radius 3 is 2.72 bits per heavy atom. The van der Waals surface area contributed by atoms with Crippen molar-refractivity contribution >= 4 is 39.1 Å². The van der Waals surface area contributed by atoms with Crippen LogP contribution in [0.1, 0.15) is 11.1 Å². The van der Waals surface area contributed by atoms with Crippen LogP contribution in [-0.2, 0) is 12.5 Å². The summed E-state index contributed by atoms with van der Waals surface area (Å²) >= 11 is 15.2. The minimum absolute atomic E-state index is 0.386. The summed E-state index contributed by atoms with van der Waals surface area (Å²) in [6.07, 6.45) is 1.66. The molecule has 0 aliphatic rings. The highest BCUT2D eigenvalue weighted by molar-refractivity contribution is 9.10. The number of pyridine rings is 1. The number of benzene rings is 1. The summed E-state index contributed by atoms with van der Waals surface area (Å²) in [6.45, 7) is 0.411. The molecule has 1 aromatic heterocycles. The predicted molar refractivity (Wildman–Crippen MR) is 77.3 cm³/mol. The molecule has 0 fully saturated rings. The maximum absolute atomic E-state index is 6.06. The van der Waals surface area contributed by atoms with E-state index in [-0.39, 0.29) is 0 Å². The standard InChI is InChI=1S/C13H10BrCl2NO/c14-11-4-2-1-3-10(11)8-18-13-12(16)5-9(6-15)7-17-13/h1-5,7H,6,8H2. The van der Waals surface area contributed by atoms with Crippen molar-refractivity contribution in [2.75, 3.05) is 0 Å². The molecule has 18 heavy (non-hydrogen) atoms. The van der Waals surface area contributed by atoms with Crippen LogP contribution in [0.3, 0.4) is 0 Å². The van der Waals surface area contributed by atoms with Gasteiger partial charge >= 0.3 is 0 Å². The summed E-state index contributed by atoms with van der Waals surface area (Å²) < 4.78 is 6.59. The van der Waals surface area contributed by atoms with E-state index in [1.165, 1.54) is 0 Å². The van der Waals surface area contributed by atoms with Crippen molar-refractivity contribution < 1.29 is 4.74 Å². The van der Waals surface area contributed by atoms with Crippen LogP contribution in [-0.4, -0.2) is 4.98 Å². The molecule has 2 nitrogen and oxygen atoms in total. The molecule has 0 N–H and O–H groups in total.